The Hall–Kier alpha value is -0.690. The van der Waals surface area contributed by atoms with Crippen LogP contribution in [0.15, 0.2) is 24.3 Å². The zero-order chi connectivity index (χ0) is 14.2. The maximum atomic E-state index is 11.8. The van der Waals surface area contributed by atoms with E-state index in [0.29, 0.717) is 30.0 Å². The highest BCUT2D eigenvalue weighted by molar-refractivity contribution is 8.19. The molecule has 4 nitrogen and oxygen atoms in total. The number of thioether (sulfide) groups is 2. The molecule has 0 spiro atoms. The highest BCUT2D eigenvalue weighted by atomic mass is 32.2. The molecule has 0 atom stereocenters. The molecule has 0 unspecified atom stereocenters. The van der Waals surface area contributed by atoms with Crippen LogP contribution in [0.1, 0.15) is 27.4 Å². The predicted octanol–water partition coefficient (Wildman–Crippen LogP) is 2.86. The predicted molar refractivity (Wildman–Crippen MR) is 84.0 cm³/mol. The molecule has 1 N–H and O–H groups in total. The molecule has 0 aliphatic carbocycles. The summed E-state index contributed by atoms with van der Waals surface area (Å²) in [5.74, 6) is 2.18. The Labute approximate surface area is 127 Å². The SMILES string of the molecule is CCOCCONC(=O)c1ccc(C2SCCS2)cc1. The summed E-state index contributed by atoms with van der Waals surface area (Å²) in [6.07, 6.45) is 0. The van der Waals surface area contributed by atoms with Crippen LogP contribution in [0.3, 0.4) is 0 Å². The number of hydroxylamine groups is 1. The van der Waals surface area contributed by atoms with Gasteiger partial charge in [0.1, 0.15) is 0 Å². The van der Waals surface area contributed by atoms with Crippen LogP contribution in [-0.4, -0.2) is 37.2 Å². The molecule has 6 heteroatoms. The Morgan fingerprint density at radius 2 is 1.95 bits per heavy atom. The second-order valence-electron chi connectivity index (χ2n) is 4.17. The van der Waals surface area contributed by atoms with Crippen molar-refractivity contribution in [2.75, 3.05) is 31.3 Å². The summed E-state index contributed by atoms with van der Waals surface area (Å²) in [5.41, 5.74) is 4.30. The molecule has 1 aliphatic rings. The summed E-state index contributed by atoms with van der Waals surface area (Å²) in [6.45, 7) is 3.40. The van der Waals surface area contributed by atoms with Crippen molar-refractivity contribution in [3.8, 4) is 0 Å². The second-order valence-corrected chi connectivity index (χ2v) is 6.90. The third kappa shape index (κ3) is 4.70. The van der Waals surface area contributed by atoms with Crippen LogP contribution in [0, 0.1) is 0 Å². The maximum Gasteiger partial charge on any atom is 0.274 e. The van der Waals surface area contributed by atoms with Gasteiger partial charge in [0.15, 0.2) is 0 Å². The molecule has 1 aromatic rings. The summed E-state index contributed by atoms with van der Waals surface area (Å²) in [7, 11) is 0. The number of carbonyl (C=O) groups is 1. The maximum absolute atomic E-state index is 11.8. The zero-order valence-electron chi connectivity index (χ0n) is 11.5. The fourth-order valence-corrected chi connectivity index (χ4v) is 4.62. The molecule has 2 rings (SSSR count). The third-order valence-electron chi connectivity index (χ3n) is 2.77. The van der Waals surface area contributed by atoms with Gasteiger partial charge in [-0.25, -0.2) is 5.48 Å². The Kier molecular flexibility index (Phi) is 6.72. The minimum absolute atomic E-state index is 0.222. The van der Waals surface area contributed by atoms with E-state index in [1.54, 1.807) is 0 Å². The largest absolute Gasteiger partial charge is 0.379 e. The third-order valence-corrected chi connectivity index (χ3v) is 5.87. The van der Waals surface area contributed by atoms with Crippen LogP contribution in [0.25, 0.3) is 0 Å². The molecule has 0 bridgehead atoms. The molecule has 20 heavy (non-hydrogen) atoms. The highest BCUT2D eigenvalue weighted by Gasteiger charge is 2.18. The summed E-state index contributed by atoms with van der Waals surface area (Å²) in [6, 6.07) is 7.72. The van der Waals surface area contributed by atoms with E-state index in [4.69, 9.17) is 9.57 Å². The zero-order valence-corrected chi connectivity index (χ0v) is 13.1. The van der Waals surface area contributed by atoms with Gasteiger partial charge in [-0.2, -0.15) is 0 Å². The van der Waals surface area contributed by atoms with E-state index in [9.17, 15) is 4.79 Å². The van der Waals surface area contributed by atoms with E-state index in [0.717, 1.165) is 0 Å². The molecule has 0 radical (unpaired) electrons. The summed E-state index contributed by atoms with van der Waals surface area (Å²) < 4.78 is 5.62. The van der Waals surface area contributed by atoms with Crippen LogP contribution < -0.4 is 5.48 Å². The summed E-state index contributed by atoms with van der Waals surface area (Å²) in [4.78, 5) is 16.9. The van der Waals surface area contributed by atoms with Crippen LogP contribution in [0.2, 0.25) is 0 Å². The lowest BCUT2D eigenvalue weighted by molar-refractivity contribution is 0.00166. The standard InChI is InChI=1S/C14H19NO3S2/c1-2-17-7-8-18-15-13(16)11-3-5-12(6-4-11)14-19-9-10-20-14/h3-6,14H,2,7-10H2,1H3,(H,15,16). The van der Waals surface area contributed by atoms with Gasteiger partial charge in [0, 0.05) is 23.7 Å². The molecule has 0 aromatic heterocycles. The van der Waals surface area contributed by atoms with Gasteiger partial charge in [-0.05, 0) is 24.6 Å². The highest BCUT2D eigenvalue weighted by Crippen LogP contribution is 2.45. The normalized spacial score (nSPS) is 15.4. The molecule has 110 valence electrons. The van der Waals surface area contributed by atoms with Gasteiger partial charge in [0.05, 0.1) is 17.8 Å². The number of carbonyl (C=O) groups excluding carboxylic acids is 1. The van der Waals surface area contributed by atoms with Gasteiger partial charge >= 0.3 is 0 Å². The second kappa shape index (κ2) is 8.56. The first-order chi connectivity index (χ1) is 9.81. The Balaban J connectivity index is 1.78. The van der Waals surface area contributed by atoms with E-state index >= 15 is 0 Å². The van der Waals surface area contributed by atoms with Crippen molar-refractivity contribution in [1.82, 2.24) is 5.48 Å². The summed E-state index contributed by atoms with van der Waals surface area (Å²) >= 11 is 3.91. The van der Waals surface area contributed by atoms with Gasteiger partial charge in [0.25, 0.3) is 5.91 Å². The topological polar surface area (TPSA) is 47.6 Å². The van der Waals surface area contributed by atoms with Crippen LogP contribution >= 0.6 is 23.5 Å². The molecule has 1 aromatic carbocycles. The monoisotopic (exact) mass is 313 g/mol. The van der Waals surface area contributed by atoms with Gasteiger partial charge in [-0.1, -0.05) is 12.1 Å². The Morgan fingerprint density at radius 1 is 1.25 bits per heavy atom. The molecular formula is C14H19NO3S2. The lowest BCUT2D eigenvalue weighted by Crippen LogP contribution is -2.25. The molecule has 1 fully saturated rings. The number of hydrogen-bond acceptors (Lipinski definition) is 5. The van der Waals surface area contributed by atoms with Crippen molar-refractivity contribution in [3.05, 3.63) is 35.4 Å². The minimum Gasteiger partial charge on any atom is -0.379 e. The smallest absolute Gasteiger partial charge is 0.274 e. The van der Waals surface area contributed by atoms with Crippen molar-refractivity contribution in [3.63, 3.8) is 0 Å². The number of ether oxygens (including phenoxy) is 1. The average Bonchev–Trinajstić information content (AvgIpc) is 3.01. The molecule has 1 aliphatic heterocycles. The lowest BCUT2D eigenvalue weighted by Gasteiger charge is -2.09. The molecule has 1 heterocycles. The average molecular weight is 313 g/mol. The quantitative estimate of drug-likeness (QED) is 0.619. The van der Waals surface area contributed by atoms with Gasteiger partial charge in [-0.15, -0.1) is 23.5 Å². The first kappa shape index (κ1) is 15.7. The number of benzene rings is 1. The summed E-state index contributed by atoms with van der Waals surface area (Å²) in [5, 5.41) is 0. The van der Waals surface area contributed by atoms with Gasteiger partial charge in [0.2, 0.25) is 0 Å². The Morgan fingerprint density at radius 3 is 2.60 bits per heavy atom. The fraction of sp³-hybridized carbons (Fsp3) is 0.500. The number of hydrogen-bond donors (Lipinski definition) is 1. The molecular weight excluding hydrogens is 294 g/mol. The van der Waals surface area contributed by atoms with E-state index < -0.39 is 0 Å². The van der Waals surface area contributed by atoms with Gasteiger partial charge in [-0.3, -0.25) is 9.63 Å². The van der Waals surface area contributed by atoms with E-state index in [1.165, 1.54) is 17.1 Å². The van der Waals surface area contributed by atoms with Gasteiger partial charge < -0.3 is 4.74 Å². The minimum atomic E-state index is -0.222. The lowest BCUT2D eigenvalue weighted by atomic mass is 10.1. The van der Waals surface area contributed by atoms with E-state index in [-0.39, 0.29) is 5.91 Å². The van der Waals surface area contributed by atoms with Crippen LogP contribution in [0.5, 0.6) is 0 Å². The van der Waals surface area contributed by atoms with Crippen molar-refractivity contribution >= 4 is 29.4 Å². The van der Waals surface area contributed by atoms with Crippen molar-refractivity contribution in [2.45, 2.75) is 11.5 Å². The van der Waals surface area contributed by atoms with E-state index in [1.807, 2.05) is 54.7 Å². The van der Waals surface area contributed by atoms with E-state index in [2.05, 4.69) is 5.48 Å². The molecule has 1 amide bonds. The first-order valence-corrected chi connectivity index (χ1v) is 8.74. The van der Waals surface area contributed by atoms with Crippen molar-refractivity contribution in [1.29, 1.82) is 0 Å². The first-order valence-electron chi connectivity index (χ1n) is 6.64. The molecule has 1 saturated heterocycles. The Bertz CT molecular complexity index is 419. The molecule has 0 saturated carbocycles. The number of amides is 1. The number of nitrogens with one attached hydrogen (secondary N) is 1. The van der Waals surface area contributed by atoms with Crippen molar-refractivity contribution in [2.24, 2.45) is 0 Å². The van der Waals surface area contributed by atoms with Crippen LogP contribution in [-0.2, 0) is 9.57 Å². The van der Waals surface area contributed by atoms with Crippen molar-refractivity contribution < 1.29 is 14.4 Å². The van der Waals surface area contributed by atoms with Crippen LogP contribution in [0.4, 0.5) is 0 Å². The number of rotatable bonds is 7. The fourth-order valence-electron chi connectivity index (χ4n) is 1.76.